The summed E-state index contributed by atoms with van der Waals surface area (Å²) < 4.78 is 126. The molecule has 0 radical (unpaired) electrons. The maximum absolute atomic E-state index is 13.3. The molecule has 9 rings (SSSR count). The van der Waals surface area contributed by atoms with Gasteiger partial charge in [-0.3, -0.25) is 19.2 Å². The van der Waals surface area contributed by atoms with E-state index in [0.29, 0.717) is 136 Å². The van der Waals surface area contributed by atoms with E-state index in [1.165, 1.54) is 20.8 Å². The standard InChI is InChI=1S/C67H111N13O31/c1-5-51(84)71-64(36-103-33-48-30-78(75-72-48)6-9-91-12-15-94-18-21-97-24-27-100-39-65-42-106-61(109-65)52(68-45(2)81)55(85)58(65)88,37-104-34-49-31-79(76-73-49)7-10-92-13-16-95-19-22-98-25-28-101-40-66-43-107-62(110-66)53(69-46(3)82)56(86)59(66)89)38-105-35-50-32-80(77-74-50)8-11-93-14-17-96-20-23-99-26-29-102-41-67-44-108-63(111-67)54(70-47(4)83)57(87)60(67)90/h30-32,52-63,85-90H,5-29,33-44H2,1-4H3,(H,68,81)(H,69,82)(H,70,83)(H,71,84)/t52-,53-,54-,55-,56-,57-,58-,59-,60-,61-,62-,63+,65+,66+,67+/m1/s1. The van der Waals surface area contributed by atoms with Crippen LogP contribution in [0.1, 0.15) is 51.2 Å². The molecule has 10 N–H and O–H groups in total. The number of nitrogens with zero attached hydrogens (tertiary/aromatic N) is 9. The number of amides is 4. The third-order valence-electron chi connectivity index (χ3n) is 18.4. The van der Waals surface area contributed by atoms with Crippen LogP contribution in [-0.2, 0) is 158 Å². The summed E-state index contributed by atoms with van der Waals surface area (Å²) in [5.41, 5.74) is -3.46. The number of aliphatic hydroxyl groups excluding tert-OH is 6. The van der Waals surface area contributed by atoms with Gasteiger partial charge < -0.3 is 151 Å². The van der Waals surface area contributed by atoms with Crippen molar-refractivity contribution in [3.05, 3.63) is 35.7 Å². The average Bonchev–Trinajstić information content (AvgIpc) is 1.62. The molecular weight excluding hydrogens is 1480 g/mol. The highest BCUT2D eigenvalue weighted by Gasteiger charge is 2.62. The van der Waals surface area contributed by atoms with E-state index in [1.807, 2.05) is 0 Å². The van der Waals surface area contributed by atoms with Crippen molar-refractivity contribution in [3.63, 3.8) is 0 Å². The summed E-state index contributed by atoms with van der Waals surface area (Å²) in [5, 5.41) is 100. The van der Waals surface area contributed by atoms with Crippen LogP contribution in [0.15, 0.2) is 18.6 Å². The van der Waals surface area contributed by atoms with Crippen molar-refractivity contribution in [1.29, 1.82) is 0 Å². The van der Waals surface area contributed by atoms with Crippen molar-refractivity contribution in [2.75, 3.05) is 198 Å². The van der Waals surface area contributed by atoms with Crippen LogP contribution < -0.4 is 21.3 Å². The lowest BCUT2D eigenvalue weighted by molar-refractivity contribution is -0.238. The van der Waals surface area contributed by atoms with Gasteiger partial charge in [0.05, 0.1) is 256 Å². The Morgan fingerprint density at radius 2 is 0.658 bits per heavy atom. The summed E-state index contributed by atoms with van der Waals surface area (Å²) in [4.78, 5) is 47.9. The molecule has 6 aliphatic heterocycles. The van der Waals surface area contributed by atoms with Crippen LogP contribution in [0.3, 0.4) is 0 Å². The molecule has 3 aromatic rings. The van der Waals surface area contributed by atoms with E-state index in [-0.39, 0.29) is 149 Å². The number of fused-ring (bicyclic) bond motifs is 6. The Morgan fingerprint density at radius 1 is 0.405 bits per heavy atom. The fourth-order valence-corrected chi connectivity index (χ4v) is 12.6. The molecule has 630 valence electrons. The zero-order valence-corrected chi connectivity index (χ0v) is 63.2. The number of ether oxygens (including phenoxy) is 21. The Hall–Kier alpha value is -5.78. The Balaban J connectivity index is 0.639. The quantitative estimate of drug-likeness (QED) is 0.0235. The van der Waals surface area contributed by atoms with E-state index in [4.69, 9.17) is 99.5 Å². The van der Waals surface area contributed by atoms with Gasteiger partial charge in [-0.2, -0.15) is 0 Å². The summed E-state index contributed by atoms with van der Waals surface area (Å²) >= 11 is 0. The lowest BCUT2D eigenvalue weighted by Gasteiger charge is -2.42. The fraction of sp³-hybridized carbons (Fsp3) is 0.851. The fourth-order valence-electron chi connectivity index (χ4n) is 12.6. The van der Waals surface area contributed by atoms with E-state index in [2.05, 4.69) is 52.2 Å². The molecule has 0 spiro atoms. The molecule has 0 saturated carbocycles. The van der Waals surface area contributed by atoms with Crippen LogP contribution in [0.2, 0.25) is 0 Å². The molecule has 0 aliphatic carbocycles. The number of hydrogen-bond donors (Lipinski definition) is 10. The first-order chi connectivity index (χ1) is 53.7. The molecule has 9 heterocycles. The lowest BCUT2D eigenvalue weighted by Crippen LogP contribution is -2.66. The van der Waals surface area contributed by atoms with Crippen LogP contribution in [0.25, 0.3) is 0 Å². The van der Waals surface area contributed by atoms with Crippen LogP contribution in [0.5, 0.6) is 0 Å². The monoisotopic (exact) mass is 1590 g/mol. The Kier molecular flexibility index (Phi) is 37.0. The number of hydrogen-bond acceptors (Lipinski definition) is 37. The Labute approximate surface area is 640 Å². The Bertz CT molecular complexity index is 2900. The lowest BCUT2D eigenvalue weighted by atomic mass is 9.88. The molecule has 0 aromatic carbocycles. The van der Waals surface area contributed by atoms with Gasteiger partial charge in [-0.25, -0.2) is 14.0 Å². The van der Waals surface area contributed by atoms with Gasteiger partial charge in [0.25, 0.3) is 0 Å². The van der Waals surface area contributed by atoms with E-state index < -0.39 is 96.0 Å². The van der Waals surface area contributed by atoms with Gasteiger partial charge in [-0.05, 0) is 0 Å². The van der Waals surface area contributed by atoms with Gasteiger partial charge >= 0.3 is 0 Å². The van der Waals surface area contributed by atoms with Crippen molar-refractivity contribution in [1.82, 2.24) is 66.2 Å². The summed E-state index contributed by atoms with van der Waals surface area (Å²) in [7, 11) is 0. The van der Waals surface area contributed by atoms with E-state index in [1.54, 1.807) is 39.6 Å². The number of carbonyl (C=O) groups is 4. The zero-order chi connectivity index (χ0) is 78.9. The minimum atomic E-state index is -1.34. The van der Waals surface area contributed by atoms with Gasteiger partial charge in [-0.15, -0.1) is 15.3 Å². The molecule has 15 atom stereocenters. The highest BCUT2D eigenvalue weighted by atomic mass is 16.8. The molecule has 0 unspecified atom stereocenters. The van der Waals surface area contributed by atoms with Gasteiger partial charge in [-0.1, -0.05) is 22.6 Å². The van der Waals surface area contributed by atoms with E-state index >= 15 is 0 Å². The SMILES string of the molecule is CCC(=O)NC(COCc1cn(CCOCCOCCOCCOC[C@@]23CO[C@H](O2)[C@H](NC(C)=O)[C@@H](O)[C@H]3O)nn1)(COCc1cn(CCOCCOCCOCCOC[C@@]23CO[C@H](O2)[C@H](NC(C)=O)[C@@H](O)[C@H]3O)nn1)COCc1cn(CCOCCOCCOCCOC[C@@]23CO[C@@H](O2)[C@H](NC(C)=O)[C@@H](O)[C@H]3O)nn1. The van der Waals surface area contributed by atoms with Gasteiger partial charge in [0.2, 0.25) is 23.6 Å². The van der Waals surface area contributed by atoms with Crippen molar-refractivity contribution in [2.24, 2.45) is 0 Å². The second kappa shape index (κ2) is 46.1. The normalized spacial score (nSPS) is 27.4. The molecule has 4 amide bonds. The van der Waals surface area contributed by atoms with Crippen LogP contribution in [-0.4, -0.2) is 393 Å². The summed E-state index contributed by atoms with van der Waals surface area (Å²) in [6.45, 7) is 12.5. The summed E-state index contributed by atoms with van der Waals surface area (Å²) in [5.74, 6) is -1.44. The number of rotatable bonds is 59. The molecule has 3 aromatic heterocycles. The molecular formula is C67H111N13O31. The van der Waals surface area contributed by atoms with Crippen LogP contribution in [0, 0.1) is 0 Å². The highest BCUT2D eigenvalue weighted by Crippen LogP contribution is 2.40. The first-order valence-electron chi connectivity index (χ1n) is 37.2. The van der Waals surface area contributed by atoms with Crippen molar-refractivity contribution < 1.29 is 149 Å². The number of aromatic nitrogens is 9. The third-order valence-corrected chi connectivity index (χ3v) is 18.4. The van der Waals surface area contributed by atoms with Crippen molar-refractivity contribution in [3.8, 4) is 0 Å². The second-order valence-corrected chi connectivity index (χ2v) is 27.3. The third kappa shape index (κ3) is 27.4. The van der Waals surface area contributed by atoms with E-state index in [9.17, 15) is 49.8 Å². The minimum absolute atomic E-state index is 0.00778. The maximum Gasteiger partial charge on any atom is 0.220 e. The average molecular weight is 1590 g/mol. The largest absolute Gasteiger partial charge is 0.388 e. The second-order valence-electron chi connectivity index (χ2n) is 27.3. The first-order valence-corrected chi connectivity index (χ1v) is 37.2. The number of nitrogens with one attached hydrogen (secondary N) is 4. The van der Waals surface area contributed by atoms with Crippen molar-refractivity contribution in [2.45, 2.75) is 170 Å². The van der Waals surface area contributed by atoms with Crippen LogP contribution >= 0.6 is 0 Å². The molecule has 6 saturated heterocycles. The topological polar surface area (TPSA) is 524 Å². The molecule has 6 bridgehead atoms. The predicted octanol–water partition coefficient (Wildman–Crippen LogP) is -7.07. The first kappa shape index (κ1) is 89.2. The molecule has 44 heteroatoms. The van der Waals surface area contributed by atoms with Gasteiger partial charge in [0.15, 0.2) is 18.9 Å². The summed E-state index contributed by atoms with van der Waals surface area (Å²) in [6.07, 6.45) is -5.26. The molecule has 111 heavy (non-hydrogen) atoms. The summed E-state index contributed by atoms with van der Waals surface area (Å²) in [6, 6.07) is -2.70. The molecule has 44 nitrogen and oxygen atoms in total. The Morgan fingerprint density at radius 3 is 0.910 bits per heavy atom. The number of aliphatic hydroxyl groups is 6. The van der Waals surface area contributed by atoms with Gasteiger partial charge in [0.1, 0.15) is 94.2 Å². The predicted molar refractivity (Wildman–Crippen MR) is 370 cm³/mol. The van der Waals surface area contributed by atoms with Crippen LogP contribution in [0.4, 0.5) is 0 Å². The minimum Gasteiger partial charge on any atom is -0.388 e. The molecule has 6 fully saturated rings. The van der Waals surface area contributed by atoms with E-state index in [0.717, 1.165) is 0 Å². The highest BCUT2D eigenvalue weighted by molar-refractivity contribution is 5.76. The van der Waals surface area contributed by atoms with Gasteiger partial charge in [0, 0.05) is 27.2 Å². The zero-order valence-electron chi connectivity index (χ0n) is 63.2. The maximum atomic E-state index is 13.3. The molecule has 6 aliphatic rings. The van der Waals surface area contributed by atoms with Crippen molar-refractivity contribution >= 4 is 23.6 Å². The number of carbonyl (C=O) groups excluding carboxylic acids is 4. The smallest absolute Gasteiger partial charge is 0.220 e.